The second-order valence-electron chi connectivity index (χ2n) is 4.82. The molecule has 1 aromatic carbocycles. The summed E-state index contributed by atoms with van der Waals surface area (Å²) >= 11 is 0. The molecule has 106 valence electrons. The highest BCUT2D eigenvalue weighted by Gasteiger charge is 2.12. The van der Waals surface area contributed by atoms with Crippen molar-refractivity contribution in [1.29, 1.82) is 5.26 Å². The van der Waals surface area contributed by atoms with Crippen molar-refractivity contribution in [2.75, 3.05) is 0 Å². The third-order valence-corrected chi connectivity index (χ3v) is 2.87. The maximum atomic E-state index is 11.1. The lowest BCUT2D eigenvalue weighted by Crippen LogP contribution is -2.03. The Labute approximate surface area is 122 Å². The minimum atomic E-state index is -1.02. The lowest BCUT2D eigenvalue weighted by atomic mass is 10.1. The van der Waals surface area contributed by atoms with Crippen LogP contribution in [0.1, 0.15) is 41.4 Å². The lowest BCUT2D eigenvalue weighted by Gasteiger charge is -2.10. The Morgan fingerprint density at radius 2 is 1.95 bits per heavy atom. The van der Waals surface area contributed by atoms with E-state index in [1.54, 1.807) is 30.3 Å². The molecular formula is C16H14N2O3. The summed E-state index contributed by atoms with van der Waals surface area (Å²) in [5, 5.41) is 17.9. The van der Waals surface area contributed by atoms with Gasteiger partial charge in [0, 0.05) is 11.8 Å². The van der Waals surface area contributed by atoms with E-state index in [-0.39, 0.29) is 17.4 Å². The van der Waals surface area contributed by atoms with Crippen LogP contribution in [0.3, 0.4) is 0 Å². The summed E-state index contributed by atoms with van der Waals surface area (Å²) < 4.78 is 5.58. The second kappa shape index (κ2) is 6.06. The molecule has 0 spiro atoms. The molecule has 2 aromatic rings. The first-order valence-electron chi connectivity index (χ1n) is 6.43. The number of carboxylic acids is 1. The highest BCUT2D eigenvalue weighted by Crippen LogP contribution is 2.24. The van der Waals surface area contributed by atoms with Gasteiger partial charge in [-0.3, -0.25) is 0 Å². The molecule has 0 amide bonds. The summed E-state index contributed by atoms with van der Waals surface area (Å²) in [6, 6.07) is 11.5. The molecule has 2 rings (SSSR count). The molecule has 0 fully saturated rings. The zero-order valence-electron chi connectivity index (χ0n) is 11.7. The third kappa shape index (κ3) is 3.57. The number of carbonyl (C=O) groups is 1. The molecule has 1 heterocycles. The van der Waals surface area contributed by atoms with Crippen LogP contribution in [0.2, 0.25) is 0 Å². The van der Waals surface area contributed by atoms with Gasteiger partial charge in [-0.1, -0.05) is 13.8 Å². The number of rotatable bonds is 4. The molecule has 5 nitrogen and oxygen atoms in total. The van der Waals surface area contributed by atoms with E-state index < -0.39 is 5.97 Å². The molecule has 0 unspecified atom stereocenters. The van der Waals surface area contributed by atoms with Crippen molar-refractivity contribution in [2.45, 2.75) is 19.8 Å². The Bertz CT molecular complexity index is 700. The molecule has 0 radical (unpaired) electrons. The number of benzene rings is 1. The van der Waals surface area contributed by atoms with Crippen molar-refractivity contribution < 1.29 is 14.6 Å². The number of aromatic carboxylic acids is 1. The van der Waals surface area contributed by atoms with Gasteiger partial charge in [-0.15, -0.1) is 0 Å². The molecule has 0 aliphatic rings. The van der Waals surface area contributed by atoms with Gasteiger partial charge in [0.2, 0.25) is 5.88 Å². The SMILES string of the molecule is CC(C)c1cc(C(=O)O)cc(Oc2ccc(C#N)cc2)n1. The minimum absolute atomic E-state index is 0.0904. The monoisotopic (exact) mass is 282 g/mol. The van der Waals surface area contributed by atoms with Crippen LogP contribution in [-0.2, 0) is 0 Å². The topological polar surface area (TPSA) is 83.2 Å². The normalized spacial score (nSPS) is 10.2. The molecule has 0 aliphatic carbocycles. The Hall–Kier alpha value is -2.87. The van der Waals surface area contributed by atoms with Gasteiger partial charge in [-0.2, -0.15) is 5.26 Å². The van der Waals surface area contributed by atoms with E-state index in [1.807, 2.05) is 19.9 Å². The van der Waals surface area contributed by atoms with E-state index in [9.17, 15) is 4.79 Å². The van der Waals surface area contributed by atoms with Gasteiger partial charge < -0.3 is 9.84 Å². The van der Waals surface area contributed by atoms with Crippen molar-refractivity contribution in [3.63, 3.8) is 0 Å². The van der Waals surface area contributed by atoms with Gasteiger partial charge in [0.05, 0.1) is 17.2 Å². The summed E-state index contributed by atoms with van der Waals surface area (Å²) in [6.07, 6.45) is 0. The number of carboxylic acid groups (broad SMARTS) is 1. The highest BCUT2D eigenvalue weighted by atomic mass is 16.5. The van der Waals surface area contributed by atoms with Crippen LogP contribution in [0.15, 0.2) is 36.4 Å². The van der Waals surface area contributed by atoms with E-state index in [1.165, 1.54) is 6.07 Å². The van der Waals surface area contributed by atoms with Gasteiger partial charge >= 0.3 is 5.97 Å². The van der Waals surface area contributed by atoms with Crippen molar-refractivity contribution in [1.82, 2.24) is 4.98 Å². The smallest absolute Gasteiger partial charge is 0.335 e. The van der Waals surface area contributed by atoms with E-state index in [0.29, 0.717) is 17.0 Å². The largest absolute Gasteiger partial charge is 0.478 e. The predicted octanol–water partition coefficient (Wildman–Crippen LogP) is 3.57. The molecule has 5 heteroatoms. The Balaban J connectivity index is 2.34. The first-order chi connectivity index (χ1) is 9.99. The molecule has 1 aromatic heterocycles. The maximum absolute atomic E-state index is 11.1. The van der Waals surface area contributed by atoms with Crippen LogP contribution < -0.4 is 4.74 Å². The van der Waals surface area contributed by atoms with E-state index in [0.717, 1.165) is 0 Å². The van der Waals surface area contributed by atoms with Crippen molar-refractivity contribution in [3.05, 3.63) is 53.2 Å². The summed E-state index contributed by atoms with van der Waals surface area (Å²) in [5.41, 5.74) is 1.31. The van der Waals surface area contributed by atoms with Crippen molar-refractivity contribution in [3.8, 4) is 17.7 Å². The van der Waals surface area contributed by atoms with Crippen LogP contribution in [-0.4, -0.2) is 16.1 Å². The van der Waals surface area contributed by atoms with Gasteiger partial charge in [0.15, 0.2) is 0 Å². The fourth-order valence-electron chi connectivity index (χ4n) is 1.72. The van der Waals surface area contributed by atoms with Crippen LogP contribution in [0.25, 0.3) is 0 Å². The zero-order valence-corrected chi connectivity index (χ0v) is 11.7. The average molecular weight is 282 g/mol. The first-order valence-corrected chi connectivity index (χ1v) is 6.43. The molecule has 1 N–H and O–H groups in total. The molecular weight excluding hydrogens is 268 g/mol. The van der Waals surface area contributed by atoms with Crippen molar-refractivity contribution >= 4 is 5.97 Å². The van der Waals surface area contributed by atoms with Gasteiger partial charge in [0.25, 0.3) is 0 Å². The maximum Gasteiger partial charge on any atom is 0.335 e. The summed E-state index contributed by atoms with van der Waals surface area (Å²) in [7, 11) is 0. The average Bonchev–Trinajstić information content (AvgIpc) is 2.47. The standard InChI is InChI=1S/C16H14N2O3/c1-10(2)14-7-12(16(19)20)8-15(18-14)21-13-5-3-11(9-17)4-6-13/h3-8,10H,1-2H3,(H,19,20). The number of ether oxygens (including phenoxy) is 1. The van der Waals surface area contributed by atoms with Gasteiger partial charge in [-0.05, 0) is 36.2 Å². The van der Waals surface area contributed by atoms with Crippen LogP contribution in [0, 0.1) is 11.3 Å². The van der Waals surface area contributed by atoms with Crippen LogP contribution in [0.4, 0.5) is 0 Å². The lowest BCUT2D eigenvalue weighted by molar-refractivity contribution is 0.0696. The summed E-state index contributed by atoms with van der Waals surface area (Å²) in [4.78, 5) is 15.4. The van der Waals surface area contributed by atoms with E-state index >= 15 is 0 Å². The van der Waals surface area contributed by atoms with Crippen LogP contribution in [0.5, 0.6) is 11.6 Å². The number of aromatic nitrogens is 1. The quantitative estimate of drug-likeness (QED) is 0.926. The Morgan fingerprint density at radius 1 is 1.29 bits per heavy atom. The molecule has 0 aliphatic heterocycles. The minimum Gasteiger partial charge on any atom is -0.478 e. The third-order valence-electron chi connectivity index (χ3n) is 2.87. The van der Waals surface area contributed by atoms with Crippen LogP contribution >= 0.6 is 0 Å². The summed E-state index contributed by atoms with van der Waals surface area (Å²) in [6.45, 7) is 3.86. The molecule has 0 atom stereocenters. The highest BCUT2D eigenvalue weighted by molar-refractivity contribution is 5.88. The molecule has 0 bridgehead atoms. The van der Waals surface area contributed by atoms with E-state index in [2.05, 4.69) is 4.98 Å². The Morgan fingerprint density at radius 3 is 2.48 bits per heavy atom. The van der Waals surface area contributed by atoms with Gasteiger partial charge in [0.1, 0.15) is 5.75 Å². The number of nitrogens with zero attached hydrogens (tertiary/aromatic N) is 2. The summed E-state index contributed by atoms with van der Waals surface area (Å²) in [5.74, 6) is -0.210. The van der Waals surface area contributed by atoms with E-state index in [4.69, 9.17) is 15.1 Å². The number of hydrogen-bond donors (Lipinski definition) is 1. The Kier molecular flexibility index (Phi) is 4.19. The second-order valence-corrected chi connectivity index (χ2v) is 4.82. The molecule has 0 saturated heterocycles. The van der Waals surface area contributed by atoms with Gasteiger partial charge in [-0.25, -0.2) is 9.78 Å². The first kappa shape index (κ1) is 14.5. The van der Waals surface area contributed by atoms with Crippen molar-refractivity contribution in [2.24, 2.45) is 0 Å². The number of nitriles is 1. The number of pyridine rings is 1. The fourth-order valence-corrected chi connectivity index (χ4v) is 1.72. The fraction of sp³-hybridized carbons (Fsp3) is 0.188. The number of hydrogen-bond acceptors (Lipinski definition) is 4. The molecule has 0 saturated carbocycles. The predicted molar refractivity (Wildman–Crippen MR) is 76.5 cm³/mol. The zero-order chi connectivity index (χ0) is 15.4. The molecule has 21 heavy (non-hydrogen) atoms.